The summed E-state index contributed by atoms with van der Waals surface area (Å²) < 4.78 is 31.7. The third-order valence-corrected chi connectivity index (χ3v) is 4.13. The highest BCUT2D eigenvalue weighted by molar-refractivity contribution is 6.16. The lowest BCUT2D eigenvalue weighted by Gasteiger charge is -2.16. The summed E-state index contributed by atoms with van der Waals surface area (Å²) in [7, 11) is 1.51. The van der Waals surface area contributed by atoms with Crippen molar-refractivity contribution in [2.45, 2.75) is 12.8 Å². The van der Waals surface area contributed by atoms with Crippen LogP contribution in [0.1, 0.15) is 12.8 Å². The molecule has 7 heteroatoms. The van der Waals surface area contributed by atoms with Crippen molar-refractivity contribution >= 4 is 23.2 Å². The number of benzene rings is 2. The maximum absolute atomic E-state index is 13.7. The van der Waals surface area contributed by atoms with E-state index in [0.29, 0.717) is 30.3 Å². The van der Waals surface area contributed by atoms with Crippen LogP contribution in [-0.2, 0) is 9.59 Å². The van der Waals surface area contributed by atoms with E-state index >= 15 is 0 Å². The molecule has 0 spiro atoms. The van der Waals surface area contributed by atoms with E-state index < -0.39 is 28.9 Å². The SMILES string of the molecule is COc1cccc(NC(=O)C2(C(=O)Nc3ccc(F)cc3F)CC2)c1. The lowest BCUT2D eigenvalue weighted by atomic mass is 10.0. The molecule has 0 heterocycles. The van der Waals surface area contributed by atoms with Gasteiger partial charge in [-0.2, -0.15) is 0 Å². The summed E-state index contributed by atoms with van der Waals surface area (Å²) in [6.07, 6.45) is 0.717. The number of carbonyl (C=O) groups excluding carboxylic acids is 2. The molecule has 0 saturated heterocycles. The van der Waals surface area contributed by atoms with E-state index in [1.54, 1.807) is 24.3 Å². The van der Waals surface area contributed by atoms with E-state index in [4.69, 9.17) is 4.74 Å². The van der Waals surface area contributed by atoms with Gasteiger partial charge in [0.15, 0.2) is 0 Å². The second-order valence-electron chi connectivity index (χ2n) is 5.85. The first-order chi connectivity index (χ1) is 11.9. The molecule has 1 fully saturated rings. The topological polar surface area (TPSA) is 67.4 Å². The van der Waals surface area contributed by atoms with Crippen LogP contribution in [0.25, 0.3) is 0 Å². The van der Waals surface area contributed by atoms with Crippen molar-refractivity contribution in [3.05, 3.63) is 54.1 Å². The Balaban J connectivity index is 1.72. The number of halogens is 2. The summed E-state index contributed by atoms with van der Waals surface area (Å²) in [4.78, 5) is 24.9. The lowest BCUT2D eigenvalue weighted by Crippen LogP contribution is -2.35. The van der Waals surface area contributed by atoms with Gasteiger partial charge in [0.25, 0.3) is 0 Å². The molecule has 25 heavy (non-hydrogen) atoms. The van der Waals surface area contributed by atoms with Crippen LogP contribution in [0, 0.1) is 17.0 Å². The number of hydrogen-bond acceptors (Lipinski definition) is 3. The van der Waals surface area contributed by atoms with Crippen molar-refractivity contribution in [1.29, 1.82) is 0 Å². The van der Waals surface area contributed by atoms with E-state index in [1.807, 2.05) is 0 Å². The molecule has 1 aliphatic rings. The van der Waals surface area contributed by atoms with E-state index in [1.165, 1.54) is 7.11 Å². The third kappa shape index (κ3) is 3.45. The molecule has 130 valence electrons. The molecular weight excluding hydrogens is 330 g/mol. The number of methoxy groups -OCH3 is 1. The van der Waals surface area contributed by atoms with Gasteiger partial charge in [0.05, 0.1) is 12.8 Å². The normalized spacial score (nSPS) is 14.5. The van der Waals surface area contributed by atoms with E-state index in [9.17, 15) is 18.4 Å². The number of nitrogens with one attached hydrogen (secondary N) is 2. The quantitative estimate of drug-likeness (QED) is 0.816. The van der Waals surface area contributed by atoms with Gasteiger partial charge in [-0.15, -0.1) is 0 Å². The Labute approximate surface area is 143 Å². The Morgan fingerprint density at radius 3 is 2.40 bits per heavy atom. The van der Waals surface area contributed by atoms with Gasteiger partial charge in [-0.05, 0) is 37.1 Å². The van der Waals surface area contributed by atoms with Gasteiger partial charge in [-0.1, -0.05) is 6.07 Å². The van der Waals surface area contributed by atoms with Crippen molar-refractivity contribution in [2.75, 3.05) is 17.7 Å². The Bertz CT molecular complexity index is 835. The van der Waals surface area contributed by atoms with Gasteiger partial charge in [-0.25, -0.2) is 8.78 Å². The number of carbonyl (C=O) groups is 2. The van der Waals surface area contributed by atoms with Crippen molar-refractivity contribution in [3.8, 4) is 5.75 Å². The first-order valence-electron chi connectivity index (χ1n) is 7.67. The van der Waals surface area contributed by atoms with Gasteiger partial charge in [-0.3, -0.25) is 9.59 Å². The average Bonchev–Trinajstić information content (AvgIpc) is 3.39. The van der Waals surface area contributed by atoms with Gasteiger partial charge in [0.2, 0.25) is 11.8 Å². The number of amides is 2. The maximum Gasteiger partial charge on any atom is 0.240 e. The fourth-order valence-electron chi connectivity index (χ4n) is 2.47. The van der Waals surface area contributed by atoms with E-state index in [-0.39, 0.29) is 5.69 Å². The Hall–Kier alpha value is -2.96. The average molecular weight is 346 g/mol. The van der Waals surface area contributed by atoms with Crippen LogP contribution in [0.4, 0.5) is 20.2 Å². The molecule has 0 unspecified atom stereocenters. The van der Waals surface area contributed by atoms with Crippen LogP contribution in [0.5, 0.6) is 5.75 Å². The number of rotatable bonds is 5. The monoisotopic (exact) mass is 346 g/mol. The first-order valence-corrected chi connectivity index (χ1v) is 7.67. The molecule has 2 aromatic carbocycles. The molecule has 0 aliphatic heterocycles. The molecule has 3 rings (SSSR count). The molecule has 0 atom stereocenters. The molecule has 2 amide bonds. The van der Waals surface area contributed by atoms with E-state index in [2.05, 4.69) is 10.6 Å². The predicted octanol–water partition coefficient (Wildman–Crippen LogP) is 3.33. The zero-order valence-electron chi connectivity index (χ0n) is 13.4. The second kappa shape index (κ2) is 6.51. The molecule has 0 bridgehead atoms. The molecule has 0 aromatic heterocycles. The predicted molar refractivity (Wildman–Crippen MR) is 88.3 cm³/mol. The molecule has 1 saturated carbocycles. The third-order valence-electron chi connectivity index (χ3n) is 4.13. The van der Waals surface area contributed by atoms with Gasteiger partial charge in [0.1, 0.15) is 22.8 Å². The highest BCUT2D eigenvalue weighted by Gasteiger charge is 2.56. The molecule has 2 N–H and O–H groups in total. The number of anilines is 2. The smallest absolute Gasteiger partial charge is 0.240 e. The van der Waals surface area contributed by atoms with Crippen LogP contribution in [-0.4, -0.2) is 18.9 Å². The Morgan fingerprint density at radius 2 is 1.76 bits per heavy atom. The highest BCUT2D eigenvalue weighted by atomic mass is 19.1. The minimum Gasteiger partial charge on any atom is -0.497 e. The van der Waals surface area contributed by atoms with Crippen LogP contribution < -0.4 is 15.4 Å². The summed E-state index contributed by atoms with van der Waals surface area (Å²) in [6.45, 7) is 0. The Morgan fingerprint density at radius 1 is 1.04 bits per heavy atom. The number of hydrogen-bond donors (Lipinski definition) is 2. The number of ether oxygens (including phenoxy) is 1. The van der Waals surface area contributed by atoms with Crippen LogP contribution in [0.3, 0.4) is 0 Å². The van der Waals surface area contributed by atoms with Crippen molar-refractivity contribution < 1.29 is 23.1 Å². The van der Waals surface area contributed by atoms with Gasteiger partial charge < -0.3 is 15.4 Å². The van der Waals surface area contributed by atoms with Gasteiger partial charge in [0, 0.05) is 17.8 Å². The summed E-state index contributed by atoms with van der Waals surface area (Å²) in [5, 5.41) is 5.04. The van der Waals surface area contributed by atoms with Crippen LogP contribution in [0.2, 0.25) is 0 Å². The fourth-order valence-corrected chi connectivity index (χ4v) is 2.47. The summed E-state index contributed by atoms with van der Waals surface area (Å²) >= 11 is 0. The molecule has 0 radical (unpaired) electrons. The zero-order valence-corrected chi connectivity index (χ0v) is 13.4. The van der Waals surface area contributed by atoms with Crippen LogP contribution in [0.15, 0.2) is 42.5 Å². The fraction of sp³-hybridized carbons (Fsp3) is 0.222. The second-order valence-corrected chi connectivity index (χ2v) is 5.85. The van der Waals surface area contributed by atoms with E-state index in [0.717, 1.165) is 12.1 Å². The lowest BCUT2D eigenvalue weighted by molar-refractivity contribution is -0.131. The largest absolute Gasteiger partial charge is 0.497 e. The Kier molecular flexibility index (Phi) is 4.39. The summed E-state index contributed by atoms with van der Waals surface area (Å²) in [5.74, 6) is -2.15. The van der Waals surface area contributed by atoms with Crippen molar-refractivity contribution in [3.63, 3.8) is 0 Å². The summed E-state index contributed by atoms with van der Waals surface area (Å²) in [6, 6.07) is 9.58. The molecule has 2 aromatic rings. The summed E-state index contributed by atoms with van der Waals surface area (Å²) in [5.41, 5.74) is -0.910. The molecule has 5 nitrogen and oxygen atoms in total. The highest BCUT2D eigenvalue weighted by Crippen LogP contribution is 2.47. The van der Waals surface area contributed by atoms with Crippen molar-refractivity contribution in [1.82, 2.24) is 0 Å². The van der Waals surface area contributed by atoms with Gasteiger partial charge >= 0.3 is 0 Å². The zero-order chi connectivity index (χ0) is 18.0. The standard InChI is InChI=1S/C18H16F2N2O3/c1-25-13-4-2-3-12(10-13)21-16(23)18(7-8-18)17(24)22-15-6-5-11(19)9-14(15)20/h2-6,9-10H,7-8H2,1H3,(H,21,23)(H,22,24). The van der Waals surface area contributed by atoms with Crippen molar-refractivity contribution in [2.24, 2.45) is 5.41 Å². The maximum atomic E-state index is 13.7. The minimum atomic E-state index is -1.25. The van der Waals surface area contributed by atoms with Crippen LogP contribution >= 0.6 is 0 Å². The molecular formula is C18H16F2N2O3. The first kappa shape index (κ1) is 16.9. The minimum absolute atomic E-state index is 0.160. The molecule has 1 aliphatic carbocycles.